The lowest BCUT2D eigenvalue weighted by molar-refractivity contribution is -0.113. The molecular weight excluding hydrogens is 613 g/mol. The van der Waals surface area contributed by atoms with Crippen molar-refractivity contribution in [2.75, 3.05) is 30.8 Å². The first-order valence-corrected chi connectivity index (χ1v) is 17.1. The monoisotopic (exact) mass is 648 g/mol. The van der Waals surface area contributed by atoms with E-state index in [0.29, 0.717) is 42.0 Å². The quantitative estimate of drug-likeness (QED) is 0.211. The summed E-state index contributed by atoms with van der Waals surface area (Å²) >= 11 is 1.23. The van der Waals surface area contributed by atoms with E-state index in [4.69, 9.17) is 4.74 Å². The van der Waals surface area contributed by atoms with Crippen LogP contribution >= 0.6 is 11.8 Å². The smallest absolute Gasteiger partial charge is 0.251 e. The Bertz CT molecular complexity index is 1770. The summed E-state index contributed by atoms with van der Waals surface area (Å²) in [6.45, 7) is 7.42. The summed E-state index contributed by atoms with van der Waals surface area (Å²) in [4.78, 5) is 26.1. The first kappa shape index (κ1) is 32.2. The number of nitrogens with one attached hydrogen (secondary N) is 2. The van der Waals surface area contributed by atoms with Crippen LogP contribution in [-0.2, 0) is 21.4 Å². The van der Waals surface area contributed by atoms with E-state index < -0.39 is 10.0 Å². The Balaban J connectivity index is 1.30. The SMILES string of the molecule is CCOc1ccc(-n2c(CNC(=O)c3ccc(S(=O)(=O)N4CCCC4)cc3)nnc2SCC(=O)Nc2cc(C)ccc2C)cc1. The van der Waals surface area contributed by atoms with Gasteiger partial charge in [0.25, 0.3) is 5.91 Å². The van der Waals surface area contributed by atoms with Gasteiger partial charge in [-0.2, -0.15) is 4.31 Å². The van der Waals surface area contributed by atoms with Crippen LogP contribution in [0.15, 0.2) is 76.8 Å². The number of nitrogens with zero attached hydrogens (tertiary/aromatic N) is 4. The number of benzene rings is 3. The minimum atomic E-state index is -3.57. The number of carbonyl (C=O) groups excluding carboxylic acids is 2. The number of hydrogen-bond donors (Lipinski definition) is 2. The maximum Gasteiger partial charge on any atom is 0.251 e. The van der Waals surface area contributed by atoms with E-state index in [9.17, 15) is 18.0 Å². The Labute approximate surface area is 267 Å². The van der Waals surface area contributed by atoms with Crippen LogP contribution in [0.4, 0.5) is 5.69 Å². The molecule has 0 saturated carbocycles. The summed E-state index contributed by atoms with van der Waals surface area (Å²) < 4.78 is 34.5. The minimum Gasteiger partial charge on any atom is -0.494 e. The topological polar surface area (TPSA) is 136 Å². The van der Waals surface area contributed by atoms with Crippen molar-refractivity contribution < 1.29 is 22.7 Å². The van der Waals surface area contributed by atoms with Gasteiger partial charge in [-0.3, -0.25) is 14.2 Å². The van der Waals surface area contributed by atoms with Gasteiger partial charge in [0.2, 0.25) is 15.9 Å². The molecule has 3 aromatic carbocycles. The lowest BCUT2D eigenvalue weighted by atomic mass is 10.1. The van der Waals surface area contributed by atoms with Crippen molar-refractivity contribution in [3.8, 4) is 11.4 Å². The molecule has 1 fully saturated rings. The van der Waals surface area contributed by atoms with E-state index in [2.05, 4.69) is 20.8 Å². The highest BCUT2D eigenvalue weighted by Gasteiger charge is 2.27. The number of ether oxygens (including phenoxy) is 1. The third kappa shape index (κ3) is 7.72. The number of thioether (sulfide) groups is 1. The fraction of sp³-hybridized carbons (Fsp3) is 0.312. The average Bonchev–Trinajstić information content (AvgIpc) is 3.73. The van der Waals surface area contributed by atoms with Crippen LogP contribution in [-0.4, -0.2) is 64.8 Å². The number of amides is 2. The van der Waals surface area contributed by atoms with Crippen LogP contribution in [0.3, 0.4) is 0 Å². The standard InChI is InChI=1S/C32H36N6O5S2/c1-4-43-26-13-11-25(12-14-26)38-29(35-36-32(38)44-21-30(39)34-28-19-22(2)7-8-23(28)3)20-33-31(40)24-9-15-27(16-10-24)45(41,42)37-17-5-6-18-37/h7-16,19H,4-6,17-18,20-21H2,1-3H3,(H,33,40)(H,34,39). The van der Waals surface area contributed by atoms with Crippen LogP contribution in [0.25, 0.3) is 5.69 Å². The van der Waals surface area contributed by atoms with Crippen molar-refractivity contribution in [2.45, 2.75) is 50.2 Å². The number of aryl methyl sites for hydroxylation is 2. The molecule has 1 aromatic heterocycles. The minimum absolute atomic E-state index is 0.0438. The number of hydrogen-bond acceptors (Lipinski definition) is 8. The Morgan fingerprint density at radius 2 is 1.67 bits per heavy atom. The van der Waals surface area contributed by atoms with Crippen molar-refractivity contribution in [3.63, 3.8) is 0 Å². The van der Waals surface area contributed by atoms with Crippen LogP contribution in [0, 0.1) is 13.8 Å². The summed E-state index contributed by atoms with van der Waals surface area (Å²) in [7, 11) is -3.57. The molecule has 1 saturated heterocycles. The highest BCUT2D eigenvalue weighted by molar-refractivity contribution is 7.99. The Morgan fingerprint density at radius 1 is 0.956 bits per heavy atom. The number of sulfonamides is 1. The molecular formula is C32H36N6O5S2. The van der Waals surface area contributed by atoms with E-state index >= 15 is 0 Å². The van der Waals surface area contributed by atoms with E-state index in [1.54, 1.807) is 4.57 Å². The van der Waals surface area contributed by atoms with E-state index in [1.807, 2.05) is 63.2 Å². The van der Waals surface area contributed by atoms with Crippen LogP contribution in [0.2, 0.25) is 0 Å². The highest BCUT2D eigenvalue weighted by Crippen LogP contribution is 2.25. The third-order valence-electron chi connectivity index (χ3n) is 7.33. The fourth-order valence-electron chi connectivity index (χ4n) is 4.93. The molecule has 2 N–H and O–H groups in total. The van der Waals surface area contributed by atoms with Gasteiger partial charge < -0.3 is 15.4 Å². The highest BCUT2D eigenvalue weighted by atomic mass is 32.2. The average molecular weight is 649 g/mol. The molecule has 13 heteroatoms. The normalized spacial score (nSPS) is 13.5. The van der Waals surface area contributed by atoms with Crippen LogP contribution < -0.4 is 15.4 Å². The van der Waals surface area contributed by atoms with Gasteiger partial charge in [-0.25, -0.2) is 8.42 Å². The zero-order valence-corrected chi connectivity index (χ0v) is 27.1. The van der Waals surface area contributed by atoms with Gasteiger partial charge in [-0.05, 0) is 99.3 Å². The summed E-state index contributed by atoms with van der Waals surface area (Å²) in [5.74, 6) is 0.699. The van der Waals surface area contributed by atoms with Crippen molar-refractivity contribution >= 4 is 39.3 Å². The first-order chi connectivity index (χ1) is 21.7. The molecule has 11 nitrogen and oxygen atoms in total. The Morgan fingerprint density at radius 3 is 2.36 bits per heavy atom. The van der Waals surface area contributed by atoms with Gasteiger partial charge in [0, 0.05) is 30.0 Å². The van der Waals surface area contributed by atoms with Gasteiger partial charge in [0.15, 0.2) is 11.0 Å². The Hall–Kier alpha value is -4.20. The molecule has 0 bridgehead atoms. The number of anilines is 1. The largest absolute Gasteiger partial charge is 0.494 e. The Kier molecular flexibility index (Phi) is 10.2. The first-order valence-electron chi connectivity index (χ1n) is 14.7. The zero-order chi connectivity index (χ0) is 32.0. The molecule has 1 aliphatic heterocycles. The van der Waals surface area contributed by atoms with Crippen molar-refractivity contribution in [2.24, 2.45) is 0 Å². The molecule has 0 atom stereocenters. The number of aromatic nitrogens is 3. The summed E-state index contributed by atoms with van der Waals surface area (Å²) in [5.41, 5.74) is 3.84. The van der Waals surface area contributed by atoms with Crippen LogP contribution in [0.1, 0.15) is 47.1 Å². The van der Waals surface area contributed by atoms with Crippen molar-refractivity contribution in [1.29, 1.82) is 0 Å². The molecule has 0 aliphatic carbocycles. The molecule has 5 rings (SSSR count). The lowest BCUT2D eigenvalue weighted by Gasteiger charge is -2.15. The van der Waals surface area contributed by atoms with Gasteiger partial charge >= 0.3 is 0 Å². The third-order valence-corrected chi connectivity index (χ3v) is 10.2. The van der Waals surface area contributed by atoms with Gasteiger partial charge in [0.1, 0.15) is 5.75 Å². The second-order valence-corrected chi connectivity index (χ2v) is 13.5. The summed E-state index contributed by atoms with van der Waals surface area (Å²) in [6, 6.07) is 19.2. The second kappa shape index (κ2) is 14.3. The lowest BCUT2D eigenvalue weighted by Crippen LogP contribution is -2.28. The van der Waals surface area contributed by atoms with Crippen molar-refractivity contribution in [3.05, 3.63) is 89.2 Å². The molecule has 45 heavy (non-hydrogen) atoms. The molecule has 236 valence electrons. The molecule has 4 aromatic rings. The maximum absolute atomic E-state index is 13.0. The van der Waals surface area contributed by atoms with Gasteiger partial charge in [0.05, 0.1) is 23.8 Å². The molecule has 0 radical (unpaired) electrons. The molecule has 2 amide bonds. The molecule has 0 unspecified atom stereocenters. The predicted molar refractivity (Wildman–Crippen MR) is 173 cm³/mol. The predicted octanol–water partition coefficient (Wildman–Crippen LogP) is 4.73. The summed E-state index contributed by atoms with van der Waals surface area (Å²) in [6.07, 6.45) is 1.70. The fourth-order valence-corrected chi connectivity index (χ4v) is 7.22. The van der Waals surface area contributed by atoms with E-state index in [1.165, 1.54) is 40.3 Å². The van der Waals surface area contributed by atoms with Gasteiger partial charge in [-0.1, -0.05) is 23.9 Å². The van der Waals surface area contributed by atoms with Gasteiger partial charge in [-0.15, -0.1) is 10.2 Å². The van der Waals surface area contributed by atoms with E-state index in [-0.39, 0.29) is 29.0 Å². The maximum atomic E-state index is 13.0. The molecule has 0 spiro atoms. The van der Waals surface area contributed by atoms with Crippen molar-refractivity contribution in [1.82, 2.24) is 24.4 Å². The van der Waals surface area contributed by atoms with Crippen LogP contribution in [0.5, 0.6) is 5.75 Å². The molecule has 2 heterocycles. The van der Waals surface area contributed by atoms with E-state index in [0.717, 1.165) is 35.3 Å². The second-order valence-electron chi connectivity index (χ2n) is 10.6. The number of carbonyl (C=O) groups is 2. The zero-order valence-electron chi connectivity index (χ0n) is 25.4. The summed E-state index contributed by atoms with van der Waals surface area (Å²) in [5, 5.41) is 15.0. The number of rotatable bonds is 12. The molecule has 1 aliphatic rings.